The summed E-state index contributed by atoms with van der Waals surface area (Å²) in [5.41, 5.74) is 3.47. The zero-order valence-corrected chi connectivity index (χ0v) is 17.0. The maximum atomic E-state index is 12.7. The molecular weight excluding hydrogens is 360 g/mol. The van der Waals surface area contributed by atoms with E-state index in [2.05, 4.69) is 31.0 Å². The average molecular weight is 385 g/mol. The molecule has 0 atom stereocenters. The van der Waals surface area contributed by atoms with Crippen LogP contribution in [0.5, 0.6) is 5.75 Å². The Balaban J connectivity index is 2.23. The summed E-state index contributed by atoms with van der Waals surface area (Å²) in [6, 6.07) is 14.0. The molecule has 0 spiro atoms. The van der Waals surface area contributed by atoms with Crippen LogP contribution in [-0.2, 0) is 0 Å². The molecular formula is C22H25ClN2O2. The molecule has 1 aromatic heterocycles. The molecule has 0 aliphatic rings. The molecule has 0 saturated carbocycles. The van der Waals surface area contributed by atoms with E-state index < -0.39 is 0 Å². The molecule has 4 nitrogen and oxygen atoms in total. The fourth-order valence-corrected chi connectivity index (χ4v) is 3.30. The van der Waals surface area contributed by atoms with Crippen LogP contribution < -0.4 is 10.4 Å². The number of hydrogen-bond acceptors (Lipinski definition) is 3. The Morgan fingerprint density at radius 3 is 2.37 bits per heavy atom. The van der Waals surface area contributed by atoms with Crippen molar-refractivity contribution in [3.8, 4) is 17.0 Å². The van der Waals surface area contributed by atoms with Gasteiger partial charge in [-0.15, -0.1) is 11.6 Å². The van der Waals surface area contributed by atoms with Crippen molar-refractivity contribution >= 4 is 22.5 Å². The molecule has 0 N–H and O–H groups in total. The van der Waals surface area contributed by atoms with Crippen LogP contribution in [0.15, 0.2) is 47.3 Å². The van der Waals surface area contributed by atoms with Crippen LogP contribution >= 0.6 is 11.6 Å². The molecule has 0 saturated heterocycles. The highest BCUT2D eigenvalue weighted by Crippen LogP contribution is 2.30. The minimum absolute atomic E-state index is 0.0134. The minimum Gasteiger partial charge on any atom is -0.492 e. The summed E-state index contributed by atoms with van der Waals surface area (Å²) in [5.74, 6) is 1.60. The van der Waals surface area contributed by atoms with E-state index in [0.717, 1.165) is 22.2 Å². The summed E-state index contributed by atoms with van der Waals surface area (Å²) in [6.45, 7) is 8.72. The Morgan fingerprint density at radius 1 is 1.07 bits per heavy atom. The number of ether oxygens (including phenoxy) is 1. The Morgan fingerprint density at radius 2 is 1.78 bits per heavy atom. The van der Waals surface area contributed by atoms with Crippen molar-refractivity contribution in [1.29, 1.82) is 0 Å². The van der Waals surface area contributed by atoms with Gasteiger partial charge >= 0.3 is 5.69 Å². The van der Waals surface area contributed by atoms with E-state index in [-0.39, 0.29) is 11.7 Å². The van der Waals surface area contributed by atoms with Crippen LogP contribution in [0.4, 0.5) is 0 Å². The molecule has 0 radical (unpaired) electrons. The predicted octanol–water partition coefficient (Wildman–Crippen LogP) is 5.39. The summed E-state index contributed by atoms with van der Waals surface area (Å²) in [6.07, 6.45) is 0. The molecule has 0 aliphatic heterocycles. The second kappa shape index (κ2) is 8.13. The summed E-state index contributed by atoms with van der Waals surface area (Å²) in [5, 5.41) is 0.896. The Kier molecular flexibility index (Phi) is 5.85. The van der Waals surface area contributed by atoms with Gasteiger partial charge in [0.05, 0.1) is 17.1 Å². The molecule has 27 heavy (non-hydrogen) atoms. The molecule has 3 rings (SSSR count). The lowest BCUT2D eigenvalue weighted by atomic mass is 9.99. The number of aromatic nitrogens is 2. The van der Waals surface area contributed by atoms with Crippen LogP contribution in [0.25, 0.3) is 22.2 Å². The van der Waals surface area contributed by atoms with Crippen molar-refractivity contribution in [3.63, 3.8) is 0 Å². The molecule has 1 heterocycles. The van der Waals surface area contributed by atoms with Gasteiger partial charge in [-0.2, -0.15) is 4.98 Å². The van der Waals surface area contributed by atoms with E-state index in [9.17, 15) is 4.79 Å². The third-order valence-electron chi connectivity index (χ3n) is 4.61. The number of hydrogen-bond donors (Lipinski definition) is 0. The van der Waals surface area contributed by atoms with Crippen molar-refractivity contribution in [1.82, 2.24) is 9.55 Å². The van der Waals surface area contributed by atoms with Crippen LogP contribution in [0.3, 0.4) is 0 Å². The number of nitrogens with zero attached hydrogens (tertiary/aromatic N) is 2. The van der Waals surface area contributed by atoms with Gasteiger partial charge in [0.2, 0.25) is 0 Å². The lowest BCUT2D eigenvalue weighted by Crippen LogP contribution is -2.25. The maximum Gasteiger partial charge on any atom is 0.348 e. The number of fused-ring (bicyclic) bond motifs is 1. The lowest BCUT2D eigenvalue weighted by Gasteiger charge is -2.17. The summed E-state index contributed by atoms with van der Waals surface area (Å²) in [4.78, 5) is 17.1. The monoisotopic (exact) mass is 384 g/mol. The molecule has 3 aromatic rings. The van der Waals surface area contributed by atoms with E-state index in [0.29, 0.717) is 24.1 Å². The molecule has 0 unspecified atom stereocenters. The van der Waals surface area contributed by atoms with Gasteiger partial charge in [0.25, 0.3) is 0 Å². The topological polar surface area (TPSA) is 44.1 Å². The first kappa shape index (κ1) is 19.4. The number of benzene rings is 2. The first-order valence-corrected chi connectivity index (χ1v) is 9.81. The summed E-state index contributed by atoms with van der Waals surface area (Å²) >= 11 is 5.74. The van der Waals surface area contributed by atoms with Gasteiger partial charge in [-0.25, -0.2) is 4.79 Å². The van der Waals surface area contributed by atoms with Crippen LogP contribution in [0.1, 0.15) is 45.2 Å². The van der Waals surface area contributed by atoms with E-state index in [1.165, 1.54) is 5.56 Å². The Labute approximate surface area is 164 Å². The largest absolute Gasteiger partial charge is 0.492 e. The van der Waals surface area contributed by atoms with E-state index >= 15 is 0 Å². The van der Waals surface area contributed by atoms with Gasteiger partial charge < -0.3 is 4.74 Å². The van der Waals surface area contributed by atoms with E-state index in [1.807, 2.05) is 44.2 Å². The first-order chi connectivity index (χ1) is 12.9. The van der Waals surface area contributed by atoms with Crippen LogP contribution in [-0.4, -0.2) is 22.0 Å². The minimum atomic E-state index is -0.241. The lowest BCUT2D eigenvalue weighted by molar-refractivity contribution is 0.343. The molecule has 5 heteroatoms. The maximum absolute atomic E-state index is 12.7. The normalized spacial score (nSPS) is 11.5. The van der Waals surface area contributed by atoms with Gasteiger partial charge in [-0.05, 0) is 43.5 Å². The van der Waals surface area contributed by atoms with Crippen molar-refractivity contribution in [3.05, 3.63) is 58.5 Å². The van der Waals surface area contributed by atoms with Gasteiger partial charge in [0, 0.05) is 17.0 Å². The Bertz CT molecular complexity index is 992. The van der Waals surface area contributed by atoms with Crippen molar-refractivity contribution in [2.24, 2.45) is 0 Å². The van der Waals surface area contributed by atoms with E-state index in [4.69, 9.17) is 16.3 Å². The predicted molar refractivity (Wildman–Crippen MR) is 112 cm³/mol. The molecule has 0 aliphatic carbocycles. The zero-order chi connectivity index (χ0) is 19.6. The van der Waals surface area contributed by atoms with E-state index in [1.54, 1.807) is 4.57 Å². The van der Waals surface area contributed by atoms with Crippen molar-refractivity contribution in [2.75, 3.05) is 12.5 Å². The number of halogens is 1. The second-order valence-electron chi connectivity index (χ2n) is 7.20. The number of alkyl halides is 1. The van der Waals surface area contributed by atoms with Gasteiger partial charge in [0.1, 0.15) is 12.4 Å². The zero-order valence-electron chi connectivity index (χ0n) is 16.2. The molecule has 0 bridgehead atoms. The smallest absolute Gasteiger partial charge is 0.348 e. The highest BCUT2D eigenvalue weighted by molar-refractivity contribution is 6.18. The number of rotatable bonds is 6. The highest BCUT2D eigenvalue weighted by atomic mass is 35.5. The molecule has 142 valence electrons. The van der Waals surface area contributed by atoms with Gasteiger partial charge in [0.15, 0.2) is 0 Å². The van der Waals surface area contributed by atoms with Gasteiger partial charge in [-0.1, -0.05) is 38.1 Å². The van der Waals surface area contributed by atoms with Crippen molar-refractivity contribution in [2.45, 2.75) is 39.7 Å². The van der Waals surface area contributed by atoms with Gasteiger partial charge in [-0.3, -0.25) is 4.57 Å². The van der Waals surface area contributed by atoms with Crippen molar-refractivity contribution < 1.29 is 4.74 Å². The Hall–Kier alpha value is -2.33. The fraction of sp³-hybridized carbons (Fsp3) is 0.364. The second-order valence-corrected chi connectivity index (χ2v) is 7.58. The van der Waals surface area contributed by atoms with Crippen LogP contribution in [0.2, 0.25) is 0 Å². The third kappa shape index (κ3) is 4.01. The SMILES string of the molecule is CC(C)c1ccc(-c2nc(=O)n(C(C)C)c3ccc(OCCCl)cc23)cc1. The standard InChI is InChI=1S/C22H25ClN2O2/c1-14(2)16-5-7-17(8-6-16)21-19-13-18(27-12-11-23)9-10-20(19)25(15(3)4)22(26)24-21/h5-10,13-15H,11-12H2,1-4H3. The third-order valence-corrected chi connectivity index (χ3v) is 4.76. The molecule has 0 amide bonds. The summed E-state index contributed by atoms with van der Waals surface area (Å²) < 4.78 is 7.40. The molecule has 0 fully saturated rings. The quantitative estimate of drug-likeness (QED) is 0.535. The average Bonchev–Trinajstić information content (AvgIpc) is 2.65. The first-order valence-electron chi connectivity index (χ1n) is 9.27. The van der Waals surface area contributed by atoms with Crippen LogP contribution in [0, 0.1) is 0 Å². The summed E-state index contributed by atoms with van der Waals surface area (Å²) in [7, 11) is 0. The fourth-order valence-electron chi connectivity index (χ4n) is 3.22. The molecule has 2 aromatic carbocycles. The highest BCUT2D eigenvalue weighted by Gasteiger charge is 2.15.